The number of benzene rings is 2. The van der Waals surface area contributed by atoms with Gasteiger partial charge in [0.25, 0.3) is 0 Å². The van der Waals surface area contributed by atoms with Gasteiger partial charge in [-0.25, -0.2) is 0 Å². The number of halogens is 2. The molecule has 2 aromatic carbocycles. The number of carbonyl (C=O) groups is 1. The van der Waals surface area contributed by atoms with Crippen LogP contribution < -0.4 is 16.0 Å². The molecular formula is C19H25Cl2N3O. The fourth-order valence-corrected chi connectivity index (χ4v) is 3.26. The Bertz CT molecular complexity index is 729. The van der Waals surface area contributed by atoms with E-state index < -0.39 is 0 Å². The number of rotatable bonds is 3. The summed E-state index contributed by atoms with van der Waals surface area (Å²) in [6.07, 6.45) is 1.90. The number of carbonyl (C=O) groups excluding carboxylic acids is 1. The summed E-state index contributed by atoms with van der Waals surface area (Å²) in [7, 11) is 0. The highest BCUT2D eigenvalue weighted by Gasteiger charge is 2.23. The van der Waals surface area contributed by atoms with E-state index in [1.54, 1.807) is 0 Å². The van der Waals surface area contributed by atoms with Crippen molar-refractivity contribution in [3.05, 3.63) is 53.1 Å². The average Bonchev–Trinajstić information content (AvgIpc) is 2.54. The van der Waals surface area contributed by atoms with E-state index in [9.17, 15) is 4.79 Å². The zero-order valence-electron chi connectivity index (χ0n) is 14.5. The standard InChI is InChI=1S/C19H23N3O.2ClH/c1-13-6-3-7-14(2)19(13)21-12-18(23)22-11-5-8-15-16(20)9-4-10-17(15)22;;/h3-4,6-7,9-10,21H,5,8,11-12,20H2,1-2H3;2*1H. The van der Waals surface area contributed by atoms with Crippen molar-refractivity contribution in [1.82, 2.24) is 0 Å². The lowest BCUT2D eigenvalue weighted by Gasteiger charge is -2.30. The van der Waals surface area contributed by atoms with Gasteiger partial charge in [0.1, 0.15) is 0 Å². The van der Waals surface area contributed by atoms with Crippen LogP contribution in [0.1, 0.15) is 23.1 Å². The van der Waals surface area contributed by atoms with E-state index in [0.717, 1.165) is 53.1 Å². The van der Waals surface area contributed by atoms with E-state index in [2.05, 4.69) is 31.3 Å². The van der Waals surface area contributed by atoms with Crippen molar-refractivity contribution in [1.29, 1.82) is 0 Å². The number of para-hydroxylation sites is 1. The van der Waals surface area contributed by atoms with Gasteiger partial charge >= 0.3 is 0 Å². The number of nitrogens with two attached hydrogens (primary N) is 1. The van der Waals surface area contributed by atoms with Crippen molar-refractivity contribution in [2.45, 2.75) is 26.7 Å². The van der Waals surface area contributed by atoms with E-state index in [-0.39, 0.29) is 30.7 Å². The summed E-state index contributed by atoms with van der Waals surface area (Å²) in [5.41, 5.74) is 12.2. The third-order valence-electron chi connectivity index (χ3n) is 4.49. The summed E-state index contributed by atoms with van der Waals surface area (Å²) in [5.74, 6) is 0.0826. The van der Waals surface area contributed by atoms with Crippen LogP contribution in [0.15, 0.2) is 36.4 Å². The minimum absolute atomic E-state index is 0. The van der Waals surface area contributed by atoms with Crippen LogP contribution in [0.25, 0.3) is 0 Å². The molecule has 25 heavy (non-hydrogen) atoms. The molecule has 3 rings (SSSR count). The summed E-state index contributed by atoms with van der Waals surface area (Å²) < 4.78 is 0. The first-order valence-electron chi connectivity index (χ1n) is 8.05. The molecule has 1 aliphatic heterocycles. The minimum Gasteiger partial charge on any atom is -0.398 e. The molecule has 6 heteroatoms. The van der Waals surface area contributed by atoms with Gasteiger partial charge in [-0.1, -0.05) is 24.3 Å². The second kappa shape index (κ2) is 8.97. The second-order valence-corrected chi connectivity index (χ2v) is 6.11. The fourth-order valence-electron chi connectivity index (χ4n) is 3.26. The summed E-state index contributed by atoms with van der Waals surface area (Å²) in [6, 6.07) is 11.9. The molecule has 4 nitrogen and oxygen atoms in total. The van der Waals surface area contributed by atoms with Crippen molar-refractivity contribution in [3.63, 3.8) is 0 Å². The number of fused-ring (bicyclic) bond motifs is 1. The molecular weight excluding hydrogens is 357 g/mol. The third-order valence-corrected chi connectivity index (χ3v) is 4.49. The Hall–Kier alpha value is -1.91. The highest BCUT2D eigenvalue weighted by molar-refractivity contribution is 5.98. The zero-order valence-corrected chi connectivity index (χ0v) is 16.2. The van der Waals surface area contributed by atoms with Crippen LogP contribution in [0.5, 0.6) is 0 Å². The predicted molar refractivity (Wildman–Crippen MR) is 110 cm³/mol. The Balaban J connectivity index is 0.00000156. The molecule has 3 N–H and O–H groups in total. The summed E-state index contributed by atoms with van der Waals surface area (Å²) in [6.45, 7) is 5.15. The van der Waals surface area contributed by atoms with Gasteiger partial charge in [-0.05, 0) is 55.5 Å². The SMILES string of the molecule is Cc1cccc(C)c1NCC(=O)N1CCCc2c(N)cccc21.Cl.Cl. The number of anilines is 3. The predicted octanol–water partition coefficient (Wildman–Crippen LogP) is 4.12. The number of nitrogens with one attached hydrogen (secondary N) is 1. The summed E-state index contributed by atoms with van der Waals surface area (Å²) >= 11 is 0. The normalized spacial score (nSPS) is 12.5. The van der Waals surface area contributed by atoms with Crippen LogP contribution in [0.2, 0.25) is 0 Å². The molecule has 1 heterocycles. The van der Waals surface area contributed by atoms with Crippen molar-refractivity contribution in [2.24, 2.45) is 0 Å². The fraction of sp³-hybridized carbons (Fsp3) is 0.316. The Kier molecular flexibility index (Phi) is 7.59. The van der Waals surface area contributed by atoms with E-state index in [4.69, 9.17) is 5.73 Å². The molecule has 0 unspecified atom stereocenters. The monoisotopic (exact) mass is 381 g/mol. The largest absolute Gasteiger partial charge is 0.398 e. The van der Waals surface area contributed by atoms with Crippen LogP contribution in [0.3, 0.4) is 0 Å². The first-order chi connectivity index (χ1) is 11.1. The van der Waals surface area contributed by atoms with E-state index in [0.29, 0.717) is 6.54 Å². The molecule has 2 aromatic rings. The van der Waals surface area contributed by atoms with Crippen molar-refractivity contribution >= 4 is 47.8 Å². The van der Waals surface area contributed by atoms with Gasteiger partial charge in [-0.2, -0.15) is 0 Å². The zero-order chi connectivity index (χ0) is 16.4. The highest BCUT2D eigenvalue weighted by Crippen LogP contribution is 2.31. The molecule has 0 spiro atoms. The molecule has 1 amide bonds. The summed E-state index contributed by atoms with van der Waals surface area (Å²) in [4.78, 5) is 14.5. The van der Waals surface area contributed by atoms with Gasteiger partial charge < -0.3 is 16.0 Å². The highest BCUT2D eigenvalue weighted by atomic mass is 35.5. The van der Waals surface area contributed by atoms with Gasteiger partial charge in [-0.3, -0.25) is 4.79 Å². The minimum atomic E-state index is 0. The number of hydrogen-bond acceptors (Lipinski definition) is 3. The molecule has 0 saturated carbocycles. The van der Waals surface area contributed by atoms with E-state index in [1.807, 2.05) is 29.2 Å². The lowest BCUT2D eigenvalue weighted by Crippen LogP contribution is -2.39. The second-order valence-electron chi connectivity index (χ2n) is 6.11. The third kappa shape index (κ3) is 4.39. The van der Waals surface area contributed by atoms with Gasteiger partial charge in [-0.15, -0.1) is 24.8 Å². The number of nitrogens with zero attached hydrogens (tertiary/aromatic N) is 1. The summed E-state index contributed by atoms with van der Waals surface area (Å²) in [5, 5.41) is 3.30. The average molecular weight is 382 g/mol. The van der Waals surface area contributed by atoms with Gasteiger partial charge in [0.2, 0.25) is 5.91 Å². The number of nitrogen functional groups attached to an aromatic ring is 1. The lowest BCUT2D eigenvalue weighted by atomic mass is 10.00. The maximum atomic E-state index is 12.7. The van der Waals surface area contributed by atoms with Crippen LogP contribution in [0, 0.1) is 13.8 Å². The smallest absolute Gasteiger partial charge is 0.246 e. The Morgan fingerprint density at radius 3 is 2.44 bits per heavy atom. The molecule has 0 aromatic heterocycles. The van der Waals surface area contributed by atoms with E-state index in [1.165, 1.54) is 0 Å². The van der Waals surface area contributed by atoms with Gasteiger partial charge in [0.05, 0.1) is 6.54 Å². The number of amides is 1. The first-order valence-corrected chi connectivity index (χ1v) is 8.05. The molecule has 136 valence electrons. The Morgan fingerprint density at radius 2 is 1.76 bits per heavy atom. The van der Waals surface area contributed by atoms with Crippen LogP contribution in [0.4, 0.5) is 17.1 Å². The Labute approximate surface area is 161 Å². The molecule has 0 aliphatic carbocycles. The lowest BCUT2D eigenvalue weighted by molar-refractivity contribution is -0.117. The quantitative estimate of drug-likeness (QED) is 0.786. The maximum Gasteiger partial charge on any atom is 0.246 e. The molecule has 0 atom stereocenters. The topological polar surface area (TPSA) is 58.4 Å². The van der Waals surface area contributed by atoms with E-state index >= 15 is 0 Å². The molecule has 0 radical (unpaired) electrons. The van der Waals surface area contributed by atoms with Crippen molar-refractivity contribution in [2.75, 3.05) is 29.0 Å². The number of hydrogen-bond donors (Lipinski definition) is 2. The molecule has 1 aliphatic rings. The number of aryl methyl sites for hydroxylation is 2. The van der Waals surface area contributed by atoms with Gasteiger partial charge in [0, 0.05) is 23.6 Å². The molecule has 0 bridgehead atoms. The van der Waals surface area contributed by atoms with Gasteiger partial charge in [0.15, 0.2) is 0 Å². The maximum absolute atomic E-state index is 12.7. The van der Waals surface area contributed by atoms with Crippen molar-refractivity contribution in [3.8, 4) is 0 Å². The molecule has 0 saturated heterocycles. The molecule has 0 fully saturated rings. The Morgan fingerprint density at radius 1 is 1.12 bits per heavy atom. The van der Waals surface area contributed by atoms with Crippen LogP contribution in [-0.2, 0) is 11.2 Å². The van der Waals surface area contributed by atoms with Crippen LogP contribution >= 0.6 is 24.8 Å². The van der Waals surface area contributed by atoms with Crippen molar-refractivity contribution < 1.29 is 4.79 Å². The first kappa shape index (κ1) is 21.1. The van der Waals surface area contributed by atoms with Crippen LogP contribution in [-0.4, -0.2) is 19.0 Å².